The van der Waals surface area contributed by atoms with Crippen LogP contribution in [-0.2, 0) is 0 Å². The zero-order valence-corrected chi connectivity index (χ0v) is 16.0. The maximum atomic E-state index is 5.29. The summed E-state index contributed by atoms with van der Waals surface area (Å²) in [6.07, 6.45) is 1.08. The van der Waals surface area contributed by atoms with Gasteiger partial charge in [-0.15, -0.1) is 0 Å². The van der Waals surface area contributed by atoms with E-state index in [-0.39, 0.29) is 0 Å². The van der Waals surface area contributed by atoms with Crippen molar-refractivity contribution in [2.24, 2.45) is 5.73 Å². The molecular weight excluding hydrogens is 292 g/mol. The Labute approximate surface area is 147 Å². The molecule has 2 aromatic carbocycles. The fourth-order valence-electron chi connectivity index (χ4n) is 2.53. The number of anilines is 1. The van der Waals surface area contributed by atoms with Crippen LogP contribution in [0.3, 0.4) is 0 Å². The summed E-state index contributed by atoms with van der Waals surface area (Å²) in [7, 11) is 0. The van der Waals surface area contributed by atoms with Gasteiger partial charge < -0.3 is 11.1 Å². The summed E-state index contributed by atoms with van der Waals surface area (Å²) in [5.74, 6) is 0. The number of aryl methyl sites for hydroxylation is 4. The lowest BCUT2D eigenvalue weighted by Crippen LogP contribution is -2.11. The molecule has 2 nitrogen and oxygen atoms in total. The van der Waals surface area contributed by atoms with Crippen LogP contribution < -0.4 is 11.1 Å². The van der Waals surface area contributed by atoms with Crippen LogP contribution in [-0.4, -0.2) is 6.04 Å². The molecule has 24 heavy (non-hydrogen) atoms. The predicted octanol–water partition coefficient (Wildman–Crippen LogP) is 5.75. The summed E-state index contributed by atoms with van der Waals surface area (Å²) < 4.78 is 0. The van der Waals surface area contributed by atoms with Crippen molar-refractivity contribution >= 4 is 11.4 Å². The van der Waals surface area contributed by atoms with Crippen LogP contribution in [0.5, 0.6) is 0 Å². The number of hydrogen-bond donors (Lipinski definition) is 2. The molecule has 0 saturated carbocycles. The van der Waals surface area contributed by atoms with E-state index >= 15 is 0 Å². The number of nitrogens with one attached hydrogen (secondary N) is 1. The van der Waals surface area contributed by atoms with Gasteiger partial charge in [0.15, 0.2) is 0 Å². The van der Waals surface area contributed by atoms with E-state index in [1.165, 1.54) is 27.8 Å². The number of nitrogens with two attached hydrogens (primary N) is 1. The fraction of sp³-hybridized carbons (Fsp3) is 0.364. The summed E-state index contributed by atoms with van der Waals surface area (Å²) in [4.78, 5) is 0. The minimum Gasteiger partial charge on any atom is -0.356 e. The molecule has 1 atom stereocenters. The Morgan fingerprint density at radius 3 is 1.88 bits per heavy atom. The van der Waals surface area contributed by atoms with Gasteiger partial charge in [-0.3, -0.25) is 0 Å². The van der Waals surface area contributed by atoms with Crippen molar-refractivity contribution in [1.82, 2.24) is 0 Å². The van der Waals surface area contributed by atoms with Crippen LogP contribution in [0.25, 0.3) is 5.70 Å². The molecule has 0 aliphatic carbocycles. The van der Waals surface area contributed by atoms with Gasteiger partial charge in [0.05, 0.1) is 0 Å². The van der Waals surface area contributed by atoms with E-state index in [2.05, 4.69) is 82.9 Å². The van der Waals surface area contributed by atoms with Gasteiger partial charge in [0.2, 0.25) is 0 Å². The lowest BCUT2D eigenvalue weighted by molar-refractivity contribution is 0.715. The molecule has 0 aliphatic heterocycles. The number of rotatable bonds is 4. The molecule has 1 unspecified atom stereocenters. The SMILES string of the molecule is C=C(Nc1ccc(C)cc1)c1c(C)cc(C)cc1C.CCC(C)N. The maximum absolute atomic E-state index is 5.29. The first kappa shape index (κ1) is 20.0. The standard InChI is InChI=1S/C18H21N.C4H11N/c1-12-6-8-17(9-7-12)19-16(5)18-14(3)10-13(2)11-15(18)4;1-3-4(2)5/h6-11,19H,5H2,1-4H3;4H,3,5H2,1-2H3. The van der Waals surface area contributed by atoms with E-state index in [0.717, 1.165) is 17.8 Å². The normalized spacial score (nSPS) is 11.3. The van der Waals surface area contributed by atoms with Gasteiger partial charge in [-0.25, -0.2) is 0 Å². The Kier molecular flexibility index (Phi) is 7.73. The minimum atomic E-state index is 0.384. The van der Waals surface area contributed by atoms with Crippen molar-refractivity contribution < 1.29 is 0 Å². The van der Waals surface area contributed by atoms with Crippen molar-refractivity contribution in [3.05, 3.63) is 70.8 Å². The molecule has 0 heterocycles. The molecule has 0 fully saturated rings. The second kappa shape index (κ2) is 9.29. The molecule has 0 bridgehead atoms. The van der Waals surface area contributed by atoms with Gasteiger partial charge >= 0.3 is 0 Å². The highest BCUT2D eigenvalue weighted by Crippen LogP contribution is 2.25. The van der Waals surface area contributed by atoms with Crippen LogP contribution in [0.1, 0.15) is 48.1 Å². The van der Waals surface area contributed by atoms with Crippen molar-refractivity contribution in [2.45, 2.75) is 54.0 Å². The van der Waals surface area contributed by atoms with Gasteiger partial charge in [-0.2, -0.15) is 0 Å². The molecule has 130 valence electrons. The lowest BCUT2D eigenvalue weighted by atomic mass is 9.97. The smallest absolute Gasteiger partial charge is 0.0390 e. The number of hydrogen-bond acceptors (Lipinski definition) is 2. The van der Waals surface area contributed by atoms with E-state index < -0.39 is 0 Å². The van der Waals surface area contributed by atoms with E-state index in [1.807, 2.05) is 6.92 Å². The Morgan fingerprint density at radius 2 is 1.46 bits per heavy atom. The molecule has 3 N–H and O–H groups in total. The topological polar surface area (TPSA) is 38.0 Å². The molecule has 0 radical (unpaired) electrons. The number of benzene rings is 2. The maximum Gasteiger partial charge on any atom is 0.0390 e. The fourth-order valence-corrected chi connectivity index (χ4v) is 2.53. The van der Waals surface area contributed by atoms with Crippen LogP contribution >= 0.6 is 0 Å². The van der Waals surface area contributed by atoms with E-state index in [1.54, 1.807) is 0 Å². The molecule has 2 rings (SSSR count). The molecule has 0 spiro atoms. The van der Waals surface area contributed by atoms with Crippen LogP contribution in [0.4, 0.5) is 5.69 Å². The Hall–Kier alpha value is -2.06. The van der Waals surface area contributed by atoms with Gasteiger partial charge in [-0.05, 0) is 64.3 Å². The average Bonchev–Trinajstić information content (AvgIpc) is 2.49. The molecular formula is C22H32N2. The average molecular weight is 325 g/mol. The van der Waals surface area contributed by atoms with Crippen LogP contribution in [0.2, 0.25) is 0 Å². The van der Waals surface area contributed by atoms with Crippen molar-refractivity contribution in [3.63, 3.8) is 0 Å². The largest absolute Gasteiger partial charge is 0.356 e. The summed E-state index contributed by atoms with van der Waals surface area (Å²) in [5.41, 5.74) is 13.6. The van der Waals surface area contributed by atoms with Crippen molar-refractivity contribution in [3.8, 4) is 0 Å². The van der Waals surface area contributed by atoms with Gasteiger partial charge in [0.1, 0.15) is 0 Å². The van der Waals surface area contributed by atoms with Crippen molar-refractivity contribution in [2.75, 3.05) is 5.32 Å². The zero-order valence-electron chi connectivity index (χ0n) is 16.0. The van der Waals surface area contributed by atoms with Crippen LogP contribution in [0, 0.1) is 27.7 Å². The zero-order chi connectivity index (χ0) is 18.3. The summed E-state index contributed by atoms with van der Waals surface area (Å²) in [6, 6.07) is 13.2. The van der Waals surface area contributed by atoms with Crippen molar-refractivity contribution in [1.29, 1.82) is 0 Å². The second-order valence-electron chi connectivity index (χ2n) is 6.63. The Bertz CT molecular complexity index is 644. The van der Waals surface area contributed by atoms with Gasteiger partial charge in [0.25, 0.3) is 0 Å². The van der Waals surface area contributed by atoms with Crippen LogP contribution in [0.15, 0.2) is 43.0 Å². The molecule has 2 aromatic rings. The second-order valence-corrected chi connectivity index (χ2v) is 6.63. The molecule has 0 amide bonds. The third-order valence-corrected chi connectivity index (χ3v) is 3.97. The van der Waals surface area contributed by atoms with E-state index in [4.69, 9.17) is 5.73 Å². The highest BCUT2D eigenvalue weighted by atomic mass is 14.9. The Balaban J connectivity index is 0.000000505. The van der Waals surface area contributed by atoms with E-state index in [9.17, 15) is 0 Å². The lowest BCUT2D eigenvalue weighted by Gasteiger charge is -2.16. The summed E-state index contributed by atoms with van der Waals surface area (Å²) >= 11 is 0. The third kappa shape index (κ3) is 6.21. The molecule has 0 aliphatic rings. The Morgan fingerprint density at radius 1 is 1.00 bits per heavy atom. The first-order valence-electron chi connectivity index (χ1n) is 8.61. The van der Waals surface area contributed by atoms with E-state index in [0.29, 0.717) is 6.04 Å². The summed E-state index contributed by atoms with van der Waals surface area (Å²) in [5, 5.41) is 3.39. The van der Waals surface area contributed by atoms with Gasteiger partial charge in [-0.1, -0.05) is 48.9 Å². The molecule has 0 aromatic heterocycles. The minimum absolute atomic E-state index is 0.384. The summed E-state index contributed by atoms with van der Waals surface area (Å²) in [6.45, 7) is 16.7. The third-order valence-electron chi connectivity index (χ3n) is 3.97. The molecule has 0 saturated heterocycles. The first-order chi connectivity index (χ1) is 11.2. The molecule has 2 heteroatoms. The predicted molar refractivity (Wildman–Crippen MR) is 108 cm³/mol. The monoisotopic (exact) mass is 324 g/mol. The highest BCUT2D eigenvalue weighted by Gasteiger charge is 2.07. The van der Waals surface area contributed by atoms with Gasteiger partial charge in [0, 0.05) is 23.0 Å². The first-order valence-corrected chi connectivity index (χ1v) is 8.61. The quantitative estimate of drug-likeness (QED) is 0.752. The highest BCUT2D eigenvalue weighted by molar-refractivity contribution is 5.78.